The largest absolute Gasteiger partial charge is 0.0630 e. The van der Waals surface area contributed by atoms with Crippen LogP contribution in [0.3, 0.4) is 0 Å². The summed E-state index contributed by atoms with van der Waals surface area (Å²) in [5.41, 5.74) is 4.31. The molecule has 0 heterocycles. The van der Waals surface area contributed by atoms with Gasteiger partial charge in [-0.3, -0.25) is 0 Å². The van der Waals surface area contributed by atoms with E-state index in [1.807, 2.05) is 0 Å². The number of hydrogen-bond acceptors (Lipinski definition) is 0. The van der Waals surface area contributed by atoms with Gasteiger partial charge in [0, 0.05) is 0 Å². The summed E-state index contributed by atoms with van der Waals surface area (Å²) in [5, 5.41) is 0. The SMILES string of the molecule is CC(C)C.CC(C)C(C)(C)C.CC(C)C1(C)CC1.CC(C)C1(C)CC1.CC(C)C1(C)CCC1.CC(C)C1(C)CCC1.CC(C)C12CC(C1)C2. The Bertz CT molecular complexity index is 755. The van der Waals surface area contributed by atoms with Gasteiger partial charge in [0.15, 0.2) is 0 Å². The average molecular weight is 689 g/mol. The van der Waals surface area contributed by atoms with Crippen LogP contribution in [-0.2, 0) is 0 Å². The Hall–Kier alpha value is 0. The molecule has 0 nitrogen and oxygen atoms in total. The average Bonchev–Trinajstić information content (AvgIpc) is 3.78. The third kappa shape index (κ3) is 17.1. The zero-order valence-corrected chi connectivity index (χ0v) is 38.8. The van der Waals surface area contributed by atoms with E-state index in [0.29, 0.717) is 5.41 Å². The normalized spacial score (nSPS) is 26.5. The van der Waals surface area contributed by atoms with Gasteiger partial charge in [-0.15, -0.1) is 0 Å². The minimum absolute atomic E-state index is 0.500. The first kappa shape index (κ1) is 49.0. The Balaban J connectivity index is 0.000000553. The third-order valence-corrected chi connectivity index (χ3v) is 15.7. The highest BCUT2D eigenvalue weighted by Gasteiger charge is 2.57. The maximum absolute atomic E-state index is 2.40. The van der Waals surface area contributed by atoms with Gasteiger partial charge in [-0.2, -0.15) is 0 Å². The summed E-state index contributed by atoms with van der Waals surface area (Å²) in [6, 6.07) is 0. The molecule has 0 aromatic heterocycles. The lowest BCUT2D eigenvalue weighted by atomic mass is 9.41. The molecule has 0 heteroatoms. The fourth-order valence-corrected chi connectivity index (χ4v) is 6.43. The first-order chi connectivity index (χ1) is 22.0. The summed E-state index contributed by atoms with van der Waals surface area (Å²) < 4.78 is 0. The molecule has 7 aliphatic rings. The molecule has 0 spiro atoms. The van der Waals surface area contributed by atoms with E-state index in [1.165, 1.54) is 64.2 Å². The van der Waals surface area contributed by atoms with Gasteiger partial charge in [0.05, 0.1) is 0 Å². The highest BCUT2D eigenvalue weighted by atomic mass is 14.6. The molecular formula is C49H100. The summed E-state index contributed by atoms with van der Waals surface area (Å²) >= 11 is 0. The lowest BCUT2D eigenvalue weighted by Gasteiger charge is -2.64. The van der Waals surface area contributed by atoms with Gasteiger partial charge in [0.25, 0.3) is 0 Å². The van der Waals surface area contributed by atoms with Gasteiger partial charge in [0.1, 0.15) is 0 Å². The Kier molecular flexibility index (Phi) is 19.9. The fraction of sp³-hybridized carbons (Fsp3) is 1.00. The van der Waals surface area contributed by atoms with Gasteiger partial charge >= 0.3 is 0 Å². The topological polar surface area (TPSA) is 0 Å². The summed E-state index contributed by atoms with van der Waals surface area (Å²) in [5.74, 6) is 7.38. The van der Waals surface area contributed by atoms with Crippen LogP contribution >= 0.6 is 0 Å². The van der Waals surface area contributed by atoms with Crippen molar-refractivity contribution in [2.75, 3.05) is 0 Å². The fourth-order valence-electron chi connectivity index (χ4n) is 6.43. The second kappa shape index (κ2) is 19.9. The molecule has 7 aliphatic carbocycles. The first-order valence-corrected chi connectivity index (χ1v) is 22.0. The van der Waals surface area contributed by atoms with Gasteiger partial charge in [-0.05, 0) is 150 Å². The van der Waals surface area contributed by atoms with E-state index in [0.717, 1.165) is 74.4 Å². The van der Waals surface area contributed by atoms with Crippen LogP contribution < -0.4 is 0 Å². The highest BCUT2D eigenvalue weighted by Crippen LogP contribution is 2.67. The molecule has 7 fully saturated rings. The van der Waals surface area contributed by atoms with Crippen LogP contribution in [0.1, 0.15) is 236 Å². The molecule has 2 bridgehead atoms. The Labute approximate surface area is 314 Å². The standard InChI is InChI=1S/C8H14.2C8H16.2C7H14.C7H16.C4H10/c1-6(2)8-3-7(4-8)5-8;2*1-7(2)8(3)5-4-6-8;2*1-6(2)7(3)4-5-7;1-6(2)7(3,4)5;1-4(2)3/h6-7H,3-5H2,1-2H3;2*7H,4-6H2,1-3H3;2*6H,4-5H2,1-3H3;6H,1-5H3;4H,1-3H3. The van der Waals surface area contributed by atoms with Crippen molar-refractivity contribution in [2.24, 2.45) is 79.8 Å². The van der Waals surface area contributed by atoms with E-state index in [-0.39, 0.29) is 0 Å². The molecule has 7 saturated carbocycles. The quantitative estimate of drug-likeness (QED) is 0.270. The molecule has 296 valence electrons. The molecule has 0 aromatic carbocycles. The minimum atomic E-state index is 0.500. The van der Waals surface area contributed by atoms with Crippen LogP contribution in [0, 0.1) is 79.8 Å². The third-order valence-electron chi connectivity index (χ3n) is 15.7. The van der Waals surface area contributed by atoms with Crippen molar-refractivity contribution < 1.29 is 0 Å². The van der Waals surface area contributed by atoms with Crippen molar-refractivity contribution in [3.05, 3.63) is 0 Å². The van der Waals surface area contributed by atoms with Crippen molar-refractivity contribution in [3.8, 4) is 0 Å². The minimum Gasteiger partial charge on any atom is -0.0630 e. The summed E-state index contributed by atoms with van der Waals surface area (Å²) in [7, 11) is 0. The lowest BCUT2D eigenvalue weighted by molar-refractivity contribution is -0.141. The van der Waals surface area contributed by atoms with Crippen molar-refractivity contribution in [1.29, 1.82) is 0 Å². The van der Waals surface area contributed by atoms with E-state index >= 15 is 0 Å². The monoisotopic (exact) mass is 689 g/mol. The first-order valence-electron chi connectivity index (χ1n) is 22.0. The van der Waals surface area contributed by atoms with Crippen molar-refractivity contribution >= 4 is 0 Å². The van der Waals surface area contributed by atoms with E-state index in [2.05, 4.69) is 152 Å². The van der Waals surface area contributed by atoms with Crippen molar-refractivity contribution in [3.63, 3.8) is 0 Å². The van der Waals surface area contributed by atoms with Crippen LogP contribution in [0.25, 0.3) is 0 Å². The van der Waals surface area contributed by atoms with E-state index in [4.69, 9.17) is 0 Å². The van der Waals surface area contributed by atoms with Crippen molar-refractivity contribution in [2.45, 2.75) is 236 Å². The second-order valence-corrected chi connectivity index (χ2v) is 23.2. The molecule has 0 radical (unpaired) electrons. The number of hydrogen-bond donors (Lipinski definition) is 0. The van der Waals surface area contributed by atoms with E-state index in [9.17, 15) is 0 Å². The molecule has 0 unspecified atom stereocenters. The van der Waals surface area contributed by atoms with E-state index < -0.39 is 0 Å². The van der Waals surface area contributed by atoms with Crippen LogP contribution in [-0.4, -0.2) is 0 Å². The van der Waals surface area contributed by atoms with E-state index in [1.54, 1.807) is 19.3 Å². The molecule has 0 aliphatic heterocycles. The maximum atomic E-state index is 2.40. The zero-order chi connectivity index (χ0) is 38.8. The summed E-state index contributed by atoms with van der Waals surface area (Å²) in [6.45, 7) is 50.7. The predicted octanol–water partition coefficient (Wildman–Crippen LogP) is 17.3. The molecule has 0 amide bonds. The Morgan fingerprint density at radius 1 is 0.388 bits per heavy atom. The molecule has 0 saturated heterocycles. The van der Waals surface area contributed by atoms with Gasteiger partial charge < -0.3 is 0 Å². The highest BCUT2D eigenvalue weighted by molar-refractivity contribution is 5.07. The Morgan fingerprint density at radius 3 is 0.592 bits per heavy atom. The van der Waals surface area contributed by atoms with Gasteiger partial charge in [-0.1, -0.05) is 165 Å². The van der Waals surface area contributed by atoms with Crippen molar-refractivity contribution in [1.82, 2.24) is 0 Å². The molecular weight excluding hydrogens is 589 g/mol. The molecule has 0 atom stereocenters. The van der Waals surface area contributed by atoms with Gasteiger partial charge in [0.2, 0.25) is 0 Å². The van der Waals surface area contributed by atoms with Crippen LogP contribution in [0.5, 0.6) is 0 Å². The Morgan fingerprint density at radius 2 is 0.592 bits per heavy atom. The smallest absolute Gasteiger partial charge is 0.0267 e. The number of rotatable bonds is 5. The van der Waals surface area contributed by atoms with Gasteiger partial charge in [-0.25, -0.2) is 0 Å². The predicted molar refractivity (Wildman–Crippen MR) is 227 cm³/mol. The summed E-state index contributed by atoms with van der Waals surface area (Å²) in [4.78, 5) is 0. The summed E-state index contributed by atoms with van der Waals surface area (Å²) in [6.07, 6.45) is 19.3. The molecule has 0 N–H and O–H groups in total. The van der Waals surface area contributed by atoms with Crippen LogP contribution in [0.2, 0.25) is 0 Å². The van der Waals surface area contributed by atoms with Crippen LogP contribution in [0.4, 0.5) is 0 Å². The molecule has 7 rings (SSSR count). The zero-order valence-electron chi connectivity index (χ0n) is 38.8. The molecule has 0 aromatic rings. The lowest BCUT2D eigenvalue weighted by Crippen LogP contribution is -2.54. The molecule has 49 heavy (non-hydrogen) atoms. The second-order valence-electron chi connectivity index (χ2n) is 23.2. The van der Waals surface area contributed by atoms with Crippen LogP contribution in [0.15, 0.2) is 0 Å². The maximum Gasteiger partial charge on any atom is -0.0267 e.